The number of anilines is 3. The number of hydrogen-bond donors (Lipinski definition) is 1. The quantitative estimate of drug-likeness (QED) is 0.704. The third-order valence-electron chi connectivity index (χ3n) is 4.46. The Balaban J connectivity index is 1.80. The molecule has 2 aromatic carbocycles. The van der Waals surface area contributed by atoms with Gasteiger partial charge in [0, 0.05) is 23.9 Å². The van der Waals surface area contributed by atoms with Gasteiger partial charge in [-0.05, 0) is 32.1 Å². The number of ether oxygens (including phenoxy) is 2. The number of hydrogen-bond acceptors (Lipinski definition) is 7. The molecule has 0 fully saturated rings. The van der Waals surface area contributed by atoms with Crippen LogP contribution in [0.25, 0.3) is 11.0 Å². The summed E-state index contributed by atoms with van der Waals surface area (Å²) in [5, 5.41) is 5.11. The number of aromatic nitrogens is 2. The molecule has 0 saturated carbocycles. The molecule has 7 nitrogen and oxygen atoms in total. The lowest BCUT2D eigenvalue weighted by Crippen LogP contribution is -2.28. The third kappa shape index (κ3) is 3.38. The zero-order valence-corrected chi connectivity index (χ0v) is 16.3. The van der Waals surface area contributed by atoms with Crippen molar-refractivity contribution in [1.29, 1.82) is 0 Å². The van der Waals surface area contributed by atoms with Crippen LogP contribution in [0, 0.1) is 0 Å². The van der Waals surface area contributed by atoms with Gasteiger partial charge in [0.1, 0.15) is 17.3 Å². The molecule has 0 bridgehead atoms. The maximum atomic E-state index is 5.88. The number of methoxy groups -OCH3 is 2. The topological polar surface area (TPSA) is 68.7 Å². The molecule has 0 spiro atoms. The van der Waals surface area contributed by atoms with Crippen molar-refractivity contribution in [3.63, 3.8) is 0 Å². The van der Waals surface area contributed by atoms with Gasteiger partial charge in [-0.3, -0.25) is 0 Å². The van der Waals surface area contributed by atoms with Crippen molar-refractivity contribution in [2.75, 3.05) is 24.6 Å². The highest BCUT2D eigenvalue weighted by Gasteiger charge is 2.27. The zero-order chi connectivity index (χ0) is 19.7. The van der Waals surface area contributed by atoms with E-state index in [-0.39, 0.29) is 6.04 Å². The first-order valence-corrected chi connectivity index (χ1v) is 9.00. The molecule has 7 heteroatoms. The Morgan fingerprint density at radius 2 is 1.64 bits per heavy atom. The van der Waals surface area contributed by atoms with Crippen LogP contribution in [-0.2, 0) is 4.84 Å². The summed E-state index contributed by atoms with van der Waals surface area (Å²) < 4.78 is 10.7. The van der Waals surface area contributed by atoms with Crippen LogP contribution >= 0.6 is 0 Å². The highest BCUT2D eigenvalue weighted by Crippen LogP contribution is 2.34. The molecule has 1 unspecified atom stereocenters. The highest BCUT2D eigenvalue weighted by molar-refractivity contribution is 5.82. The molecule has 3 aromatic rings. The number of para-hydroxylation sites is 2. The van der Waals surface area contributed by atoms with Crippen LogP contribution in [0.5, 0.6) is 11.5 Å². The Kier molecular flexibility index (Phi) is 4.65. The van der Waals surface area contributed by atoms with E-state index in [9.17, 15) is 0 Å². The summed E-state index contributed by atoms with van der Waals surface area (Å²) in [7, 11) is 3.24. The first-order chi connectivity index (χ1) is 13.6. The van der Waals surface area contributed by atoms with Crippen molar-refractivity contribution in [2.24, 2.45) is 0 Å². The van der Waals surface area contributed by atoms with Crippen molar-refractivity contribution in [3.8, 4) is 11.5 Å². The molecule has 1 aliphatic rings. The van der Waals surface area contributed by atoms with Crippen LogP contribution in [0.4, 0.5) is 17.3 Å². The third-order valence-corrected chi connectivity index (χ3v) is 4.46. The molecule has 0 saturated heterocycles. The first kappa shape index (κ1) is 17.9. The standard InChI is InChI=1S/C21H22N4O3/c1-13-9-14(2)28-25(13)21-20(23-18-7-5-6-8-19(18)24-21)22-15-10-16(26-3)12-17(11-15)27-4/h5-13H,1-4H3,(H,22,23). The Labute approximate surface area is 163 Å². The number of benzene rings is 2. The van der Waals surface area contributed by atoms with E-state index in [2.05, 4.69) is 5.32 Å². The van der Waals surface area contributed by atoms with Crippen LogP contribution in [-0.4, -0.2) is 30.2 Å². The van der Waals surface area contributed by atoms with Crippen molar-refractivity contribution in [2.45, 2.75) is 19.9 Å². The fraction of sp³-hybridized carbons (Fsp3) is 0.238. The molecule has 1 aromatic heterocycles. The normalized spacial score (nSPS) is 15.9. The van der Waals surface area contributed by atoms with E-state index in [1.807, 2.05) is 62.4 Å². The van der Waals surface area contributed by atoms with Crippen LogP contribution in [0.3, 0.4) is 0 Å². The van der Waals surface area contributed by atoms with Crippen molar-refractivity contribution < 1.29 is 14.3 Å². The largest absolute Gasteiger partial charge is 0.497 e. The minimum atomic E-state index is 0.0378. The van der Waals surface area contributed by atoms with Crippen LogP contribution in [0.1, 0.15) is 13.8 Å². The molecule has 2 heterocycles. The van der Waals surface area contributed by atoms with Gasteiger partial charge in [0.15, 0.2) is 5.82 Å². The van der Waals surface area contributed by atoms with Crippen molar-refractivity contribution in [3.05, 3.63) is 54.3 Å². The summed E-state index contributed by atoms with van der Waals surface area (Å²) in [5.74, 6) is 3.39. The fourth-order valence-corrected chi connectivity index (χ4v) is 3.16. The second-order valence-electron chi connectivity index (χ2n) is 6.55. The molecule has 0 radical (unpaired) electrons. The molecule has 1 atom stereocenters. The lowest BCUT2D eigenvalue weighted by molar-refractivity contribution is 0.196. The van der Waals surface area contributed by atoms with E-state index >= 15 is 0 Å². The average Bonchev–Trinajstić information content (AvgIpc) is 3.04. The molecular formula is C21H22N4O3. The summed E-state index contributed by atoms with van der Waals surface area (Å²) in [6.07, 6.45) is 2.04. The van der Waals surface area contributed by atoms with Gasteiger partial charge in [-0.2, -0.15) is 5.06 Å². The van der Waals surface area contributed by atoms with Gasteiger partial charge in [-0.1, -0.05) is 12.1 Å². The Morgan fingerprint density at radius 1 is 1.00 bits per heavy atom. The highest BCUT2D eigenvalue weighted by atomic mass is 16.7. The Hall–Kier alpha value is -3.48. The van der Waals surface area contributed by atoms with E-state index in [0.717, 1.165) is 22.5 Å². The second kappa shape index (κ2) is 7.26. The minimum Gasteiger partial charge on any atom is -0.497 e. The van der Waals surface area contributed by atoms with Gasteiger partial charge in [0.2, 0.25) is 5.82 Å². The number of rotatable bonds is 5. The van der Waals surface area contributed by atoms with Crippen LogP contribution in [0.2, 0.25) is 0 Å². The molecule has 4 rings (SSSR count). The lowest BCUT2D eigenvalue weighted by atomic mass is 10.2. The monoisotopic (exact) mass is 378 g/mol. The molecule has 1 aliphatic heterocycles. The molecular weight excluding hydrogens is 356 g/mol. The first-order valence-electron chi connectivity index (χ1n) is 9.00. The molecule has 0 aliphatic carbocycles. The number of fused-ring (bicyclic) bond motifs is 1. The van der Waals surface area contributed by atoms with E-state index in [1.165, 1.54) is 0 Å². The number of nitrogens with one attached hydrogen (secondary N) is 1. The average molecular weight is 378 g/mol. The lowest BCUT2D eigenvalue weighted by Gasteiger charge is -2.24. The maximum Gasteiger partial charge on any atom is 0.207 e. The van der Waals surface area contributed by atoms with E-state index in [4.69, 9.17) is 24.3 Å². The number of hydroxylamine groups is 1. The van der Waals surface area contributed by atoms with Crippen LogP contribution in [0.15, 0.2) is 54.3 Å². The van der Waals surface area contributed by atoms with E-state index in [0.29, 0.717) is 23.1 Å². The van der Waals surface area contributed by atoms with Crippen molar-refractivity contribution in [1.82, 2.24) is 9.97 Å². The smallest absolute Gasteiger partial charge is 0.207 e. The fourth-order valence-electron chi connectivity index (χ4n) is 3.16. The maximum absolute atomic E-state index is 5.88. The number of nitrogens with zero attached hydrogens (tertiary/aromatic N) is 3. The molecule has 1 N–H and O–H groups in total. The number of allylic oxidation sites excluding steroid dienone is 1. The SMILES string of the molecule is COc1cc(Nc2nc3ccccc3nc2N2OC(C)=CC2C)cc(OC)c1. The van der Waals surface area contributed by atoms with Crippen molar-refractivity contribution >= 4 is 28.4 Å². The van der Waals surface area contributed by atoms with Gasteiger partial charge >= 0.3 is 0 Å². The van der Waals surface area contributed by atoms with Gasteiger partial charge in [0.25, 0.3) is 0 Å². The predicted octanol–water partition coefficient (Wildman–Crippen LogP) is 4.43. The summed E-state index contributed by atoms with van der Waals surface area (Å²) in [4.78, 5) is 15.5. The van der Waals surface area contributed by atoms with Gasteiger partial charge in [-0.25, -0.2) is 9.97 Å². The van der Waals surface area contributed by atoms with Gasteiger partial charge in [-0.15, -0.1) is 0 Å². The molecule has 28 heavy (non-hydrogen) atoms. The van der Waals surface area contributed by atoms with Gasteiger partial charge < -0.3 is 19.6 Å². The molecule has 0 amide bonds. The predicted molar refractivity (Wildman–Crippen MR) is 109 cm³/mol. The Morgan fingerprint density at radius 3 is 2.21 bits per heavy atom. The summed E-state index contributed by atoms with van der Waals surface area (Å²) in [5.41, 5.74) is 2.37. The summed E-state index contributed by atoms with van der Waals surface area (Å²) >= 11 is 0. The van der Waals surface area contributed by atoms with Crippen LogP contribution < -0.4 is 19.9 Å². The summed E-state index contributed by atoms with van der Waals surface area (Å²) in [6.45, 7) is 3.97. The minimum absolute atomic E-state index is 0.0378. The zero-order valence-electron chi connectivity index (χ0n) is 16.3. The Bertz CT molecular complexity index is 1030. The van der Waals surface area contributed by atoms with E-state index < -0.39 is 0 Å². The van der Waals surface area contributed by atoms with Gasteiger partial charge in [0.05, 0.1) is 31.3 Å². The second-order valence-corrected chi connectivity index (χ2v) is 6.55. The molecule has 144 valence electrons. The summed E-state index contributed by atoms with van der Waals surface area (Å²) in [6, 6.07) is 13.4. The van der Waals surface area contributed by atoms with E-state index in [1.54, 1.807) is 19.3 Å².